The van der Waals surface area contributed by atoms with Gasteiger partial charge in [-0.05, 0) is 33.4 Å². The van der Waals surface area contributed by atoms with E-state index in [1.807, 2.05) is 0 Å². The Balaban J connectivity index is 1.32. The van der Waals surface area contributed by atoms with E-state index < -0.39 is 0 Å². The Morgan fingerprint density at radius 2 is 0.417 bits per heavy atom. The van der Waals surface area contributed by atoms with Crippen LogP contribution in [0, 0.1) is 0 Å². The Morgan fingerprint density at radius 3 is 0.583 bits per heavy atom. The molecule has 0 aliphatic heterocycles. The van der Waals surface area contributed by atoms with Gasteiger partial charge in [0.05, 0.1) is 15.7 Å². The van der Waals surface area contributed by atoms with Gasteiger partial charge in [-0.15, -0.1) is 0 Å². The minimum atomic E-state index is 0.0172. The van der Waals surface area contributed by atoms with Crippen LogP contribution in [0.5, 0.6) is 0 Å². The van der Waals surface area contributed by atoms with E-state index in [1.54, 1.807) is 35.3 Å². The van der Waals surface area contributed by atoms with Crippen molar-refractivity contribution < 1.29 is 0 Å². The Labute approximate surface area is 295 Å². The third-order valence-corrected chi connectivity index (χ3v) is 11.4. The van der Waals surface area contributed by atoms with E-state index in [0.717, 1.165) is 0 Å². The number of rotatable bonds is 12. The molecule has 7 aromatic rings. The molecule has 0 fully saturated rings. The van der Waals surface area contributed by atoms with Crippen LogP contribution in [0.2, 0.25) is 0 Å². The van der Waals surface area contributed by atoms with Crippen LogP contribution in [0.1, 0.15) is 49.1 Å². The molecule has 0 N–H and O–H groups in total. The molecule has 0 unspecified atom stereocenters. The molecule has 1 heterocycles. The quantitative estimate of drug-likeness (QED) is 0.120. The molecule has 234 valence electrons. The van der Waals surface area contributed by atoms with Crippen LogP contribution in [-0.2, 0) is 0 Å². The van der Waals surface area contributed by atoms with E-state index in [2.05, 4.69) is 182 Å². The fraction of sp³-hybridized carbons (Fsp3) is 0.0714. The predicted molar refractivity (Wildman–Crippen MR) is 202 cm³/mol. The summed E-state index contributed by atoms with van der Waals surface area (Å²) in [7, 11) is 0. The summed E-state index contributed by atoms with van der Waals surface area (Å²) in [4.78, 5) is 15.5. The SMILES string of the molecule is c1ccc(C(Sc2nc(SC(c3ccccc3)c3ccccc3)nc(SC(c3ccccc3)c3ccccc3)n2)c2ccccc2)cc1. The van der Waals surface area contributed by atoms with Gasteiger partial charge in [0.2, 0.25) is 0 Å². The largest absolute Gasteiger partial charge is 0.196 e. The summed E-state index contributed by atoms with van der Waals surface area (Å²) in [5.74, 6) is 0. The number of nitrogens with zero attached hydrogens (tertiary/aromatic N) is 3. The normalized spacial score (nSPS) is 11.3. The predicted octanol–water partition coefficient (Wildman–Crippen LogP) is 11.5. The van der Waals surface area contributed by atoms with Crippen molar-refractivity contribution in [3.05, 3.63) is 215 Å². The summed E-state index contributed by atoms with van der Waals surface area (Å²) >= 11 is 5.02. The molecule has 0 amide bonds. The number of aromatic nitrogens is 3. The topological polar surface area (TPSA) is 38.7 Å². The van der Waals surface area contributed by atoms with E-state index in [4.69, 9.17) is 15.0 Å². The van der Waals surface area contributed by atoms with Crippen LogP contribution < -0.4 is 0 Å². The Morgan fingerprint density at radius 1 is 0.250 bits per heavy atom. The van der Waals surface area contributed by atoms with Crippen molar-refractivity contribution in [3.63, 3.8) is 0 Å². The first-order valence-electron chi connectivity index (χ1n) is 15.9. The van der Waals surface area contributed by atoms with Gasteiger partial charge < -0.3 is 0 Å². The van der Waals surface area contributed by atoms with Gasteiger partial charge in [0, 0.05) is 0 Å². The zero-order chi connectivity index (χ0) is 32.4. The van der Waals surface area contributed by atoms with E-state index in [-0.39, 0.29) is 15.7 Å². The number of benzene rings is 6. The maximum Gasteiger partial charge on any atom is 0.193 e. The molecule has 0 atom stereocenters. The van der Waals surface area contributed by atoms with Gasteiger partial charge in [-0.25, -0.2) is 0 Å². The highest BCUT2D eigenvalue weighted by atomic mass is 32.2. The van der Waals surface area contributed by atoms with Gasteiger partial charge in [-0.1, -0.05) is 217 Å². The van der Waals surface area contributed by atoms with Crippen molar-refractivity contribution in [1.29, 1.82) is 0 Å². The molecule has 0 aliphatic carbocycles. The Bertz CT molecular complexity index is 1630. The maximum atomic E-state index is 5.16. The van der Waals surface area contributed by atoms with Gasteiger partial charge in [0.25, 0.3) is 0 Å². The van der Waals surface area contributed by atoms with Gasteiger partial charge in [0.1, 0.15) is 0 Å². The number of thioether (sulfide) groups is 3. The summed E-state index contributed by atoms with van der Waals surface area (Å²) in [5.41, 5.74) is 7.22. The van der Waals surface area contributed by atoms with E-state index >= 15 is 0 Å². The highest BCUT2D eigenvalue weighted by Crippen LogP contribution is 2.45. The van der Waals surface area contributed by atoms with Crippen LogP contribution in [0.25, 0.3) is 0 Å². The van der Waals surface area contributed by atoms with Crippen molar-refractivity contribution in [2.75, 3.05) is 0 Å². The van der Waals surface area contributed by atoms with E-state index in [1.165, 1.54) is 33.4 Å². The summed E-state index contributed by atoms with van der Waals surface area (Å²) < 4.78 is 0. The first-order valence-corrected chi connectivity index (χ1v) is 18.5. The van der Waals surface area contributed by atoms with Crippen LogP contribution in [-0.4, -0.2) is 15.0 Å². The van der Waals surface area contributed by atoms with Crippen molar-refractivity contribution in [3.8, 4) is 0 Å². The van der Waals surface area contributed by atoms with Crippen molar-refractivity contribution in [2.45, 2.75) is 31.2 Å². The van der Waals surface area contributed by atoms with Crippen molar-refractivity contribution in [1.82, 2.24) is 15.0 Å². The third-order valence-electron chi connectivity index (χ3n) is 7.86. The molecule has 0 saturated carbocycles. The monoisotopic (exact) mass is 675 g/mol. The zero-order valence-electron chi connectivity index (χ0n) is 26.1. The average Bonchev–Trinajstić information content (AvgIpc) is 3.17. The van der Waals surface area contributed by atoms with Gasteiger partial charge >= 0.3 is 0 Å². The van der Waals surface area contributed by atoms with Crippen LogP contribution in [0.15, 0.2) is 197 Å². The molecule has 7 rings (SSSR count). The second-order valence-corrected chi connectivity index (χ2v) is 14.4. The second kappa shape index (κ2) is 16.0. The summed E-state index contributed by atoms with van der Waals surface area (Å²) in [6.45, 7) is 0. The van der Waals surface area contributed by atoms with Gasteiger partial charge in [0.15, 0.2) is 15.5 Å². The lowest BCUT2D eigenvalue weighted by molar-refractivity contribution is 0.713. The molecule has 0 radical (unpaired) electrons. The molecule has 1 aromatic heterocycles. The number of hydrogen-bond donors (Lipinski definition) is 0. The van der Waals surface area contributed by atoms with E-state index in [9.17, 15) is 0 Å². The molecule has 6 aromatic carbocycles. The first kappa shape index (κ1) is 32.0. The standard InChI is InChI=1S/C42H33N3S3/c1-7-19-31(20-8-1)37(32-21-9-2-10-22-32)46-40-43-41(47-38(33-23-11-3-12-24-33)34-25-13-4-14-26-34)45-42(44-40)48-39(35-27-15-5-16-28-35)36-29-17-6-18-30-36/h1-30,37-39H. The van der Waals surface area contributed by atoms with E-state index in [0.29, 0.717) is 15.5 Å². The van der Waals surface area contributed by atoms with Crippen LogP contribution in [0.3, 0.4) is 0 Å². The summed E-state index contributed by atoms with van der Waals surface area (Å²) in [6.07, 6.45) is 0. The lowest BCUT2D eigenvalue weighted by atomic mass is 10.0. The van der Waals surface area contributed by atoms with Crippen LogP contribution >= 0.6 is 35.3 Å². The highest BCUT2D eigenvalue weighted by Gasteiger charge is 2.24. The summed E-state index contributed by atoms with van der Waals surface area (Å²) in [5, 5.41) is 2.16. The molecule has 0 bridgehead atoms. The fourth-order valence-electron chi connectivity index (χ4n) is 5.55. The molecular formula is C42H33N3S3. The smallest absolute Gasteiger partial charge is 0.193 e. The molecule has 48 heavy (non-hydrogen) atoms. The summed E-state index contributed by atoms with van der Waals surface area (Å²) in [6, 6.07) is 63.6. The zero-order valence-corrected chi connectivity index (χ0v) is 28.6. The van der Waals surface area contributed by atoms with Gasteiger partial charge in [-0.3, -0.25) is 0 Å². The molecule has 0 aliphatic rings. The molecule has 0 spiro atoms. The highest BCUT2D eigenvalue weighted by molar-refractivity contribution is 8.00. The minimum absolute atomic E-state index is 0.0172. The van der Waals surface area contributed by atoms with Crippen molar-refractivity contribution >= 4 is 35.3 Å². The van der Waals surface area contributed by atoms with Gasteiger partial charge in [-0.2, -0.15) is 15.0 Å². The maximum absolute atomic E-state index is 5.16. The molecule has 0 saturated heterocycles. The third kappa shape index (κ3) is 8.08. The van der Waals surface area contributed by atoms with Crippen molar-refractivity contribution in [2.24, 2.45) is 0 Å². The number of hydrogen-bond acceptors (Lipinski definition) is 6. The van der Waals surface area contributed by atoms with Crippen LogP contribution in [0.4, 0.5) is 0 Å². The Kier molecular flexibility index (Phi) is 10.6. The minimum Gasteiger partial charge on any atom is -0.196 e. The second-order valence-electron chi connectivity index (χ2n) is 11.1. The first-order chi connectivity index (χ1) is 23.8. The lowest BCUT2D eigenvalue weighted by Gasteiger charge is -2.20. The molecular weight excluding hydrogens is 643 g/mol. The molecule has 6 heteroatoms. The average molecular weight is 676 g/mol. The Hall–Kier alpha value is -4.62. The fourth-order valence-corrected chi connectivity index (χ4v) is 8.95. The molecule has 3 nitrogen and oxygen atoms in total. The lowest BCUT2D eigenvalue weighted by Crippen LogP contribution is -2.05.